The number of hydrogen-bond donors (Lipinski definition) is 3. The molecule has 1 spiro atoms. The Labute approximate surface area is 296 Å². The predicted octanol–water partition coefficient (Wildman–Crippen LogP) is 4.62. The number of unbranched alkanes of at least 4 members (excludes halogenated alkanes) is 1. The van der Waals surface area contributed by atoms with Crippen LogP contribution >= 0.6 is 0 Å². The molecule has 10 nitrogen and oxygen atoms in total. The number of hydrogen-bond acceptors (Lipinski definition) is 8. The fraction of sp³-hybridized carbons (Fsp3) is 0.487. The monoisotopic (exact) mass is 701 g/mol. The number of carbonyl (C=O) groups excluding carboxylic acids is 2. The first-order chi connectivity index (χ1) is 24.0. The quantitative estimate of drug-likeness (QED) is 0.175. The number of likely N-dealkylation sites (N-methyl/N-ethyl adjacent to an activating group) is 1. The Kier molecular flexibility index (Phi) is 10.4. The van der Waals surface area contributed by atoms with Crippen LogP contribution in [0.25, 0.3) is 0 Å². The molecule has 1 fully saturated rings. The summed E-state index contributed by atoms with van der Waals surface area (Å²) in [5.74, 6) is 1.11. The van der Waals surface area contributed by atoms with E-state index in [0.717, 1.165) is 40.4 Å². The van der Waals surface area contributed by atoms with Gasteiger partial charge >= 0.3 is 0 Å². The third-order valence-electron chi connectivity index (χ3n) is 11.1. The van der Waals surface area contributed by atoms with Crippen LogP contribution in [0, 0.1) is 5.92 Å². The summed E-state index contributed by atoms with van der Waals surface area (Å²) in [5, 5.41) is 24.2. The molecule has 50 heavy (non-hydrogen) atoms. The van der Waals surface area contributed by atoms with Crippen molar-refractivity contribution < 1.29 is 34.0 Å². The van der Waals surface area contributed by atoms with Crippen LogP contribution in [0.3, 0.4) is 0 Å². The molecule has 1 unspecified atom stereocenters. The minimum absolute atomic E-state index is 0.0110. The molecule has 1 saturated heterocycles. The number of fused-ring (bicyclic) bond motifs is 3. The summed E-state index contributed by atoms with van der Waals surface area (Å²) in [5.41, 5.74) is 2.67. The van der Waals surface area contributed by atoms with Crippen LogP contribution in [0.4, 0.5) is 17.1 Å². The van der Waals surface area contributed by atoms with E-state index in [0.29, 0.717) is 38.1 Å². The second kappa shape index (κ2) is 14.5. The molecular weight excluding hydrogens is 651 g/mol. The Balaban J connectivity index is 1.43. The molecule has 0 radical (unpaired) electrons. The lowest BCUT2D eigenvalue weighted by Gasteiger charge is -2.37. The summed E-state index contributed by atoms with van der Waals surface area (Å²) in [4.78, 5) is 32.3. The molecule has 3 aromatic rings. The van der Waals surface area contributed by atoms with Crippen molar-refractivity contribution in [3.8, 4) is 11.5 Å². The fourth-order valence-electron chi connectivity index (χ4n) is 8.66. The van der Waals surface area contributed by atoms with Gasteiger partial charge in [0.25, 0.3) is 5.91 Å². The predicted molar refractivity (Wildman–Crippen MR) is 198 cm³/mol. The van der Waals surface area contributed by atoms with E-state index in [2.05, 4.69) is 37.5 Å². The van der Waals surface area contributed by atoms with Gasteiger partial charge in [-0.2, -0.15) is 0 Å². The van der Waals surface area contributed by atoms with Crippen LogP contribution in [0.2, 0.25) is 18.6 Å². The average molecular weight is 702 g/mol. The number of aliphatic hydroxyl groups excluding tert-OH is 2. The average Bonchev–Trinajstić information content (AvgIpc) is 3.52. The molecule has 5 atom stereocenters. The van der Waals surface area contributed by atoms with Crippen LogP contribution in [0.15, 0.2) is 60.7 Å². The number of nitrogens with one attached hydrogen (secondary N) is 1. The minimum atomic E-state index is -2.32. The van der Waals surface area contributed by atoms with E-state index in [1.807, 2.05) is 55.5 Å². The lowest BCUT2D eigenvalue weighted by Crippen LogP contribution is -2.51. The number of ether oxygens (including phenoxy) is 3. The van der Waals surface area contributed by atoms with Crippen molar-refractivity contribution >= 4 is 42.1 Å². The molecule has 2 amide bonds. The highest BCUT2D eigenvalue weighted by Crippen LogP contribution is 2.60. The van der Waals surface area contributed by atoms with Gasteiger partial charge < -0.3 is 34.6 Å². The summed E-state index contributed by atoms with van der Waals surface area (Å²) in [7, 11) is 1.12. The standard InChI is InChI=1S/C39H51N3O7Si/c1-7-48-29-13-17-33-26(22-29)23-32(40-19-8-9-20-43)37(45)42(33)27-10-16-34-31(24-27)39(38(46)41(34)3)25(2)36(35(49-39)18-21-44)50(5,6)30-14-11-28(47-4)12-15-30/h10-17,22,24-25,32,35-36,40,43-44H,7-9,18-21,23H2,1-6H3/t25-,32?,35+,36-,39+/m1/s1. The van der Waals surface area contributed by atoms with Gasteiger partial charge in [-0.1, -0.05) is 37.3 Å². The largest absolute Gasteiger partial charge is 0.497 e. The second-order valence-corrected chi connectivity index (χ2v) is 19.0. The first-order valence-electron chi connectivity index (χ1n) is 17.8. The Hall–Kier alpha value is -3.74. The third kappa shape index (κ3) is 6.02. The van der Waals surface area contributed by atoms with E-state index in [9.17, 15) is 19.8 Å². The van der Waals surface area contributed by atoms with Gasteiger partial charge in [-0.05, 0) is 98.8 Å². The summed E-state index contributed by atoms with van der Waals surface area (Å²) < 4.78 is 18.3. The van der Waals surface area contributed by atoms with E-state index in [1.165, 1.54) is 5.19 Å². The first kappa shape index (κ1) is 36.1. The fourth-order valence-corrected chi connectivity index (χ4v) is 12.7. The SMILES string of the molecule is CCOc1ccc2c(c1)CC(NCCCCO)C(=O)N2c1ccc2c(c1)[C@]1(O[C@@H](CCO)[C@H]([Si](C)(C)c3ccc(OC)cc3)[C@H]1C)C(=O)N2C. The number of carbonyl (C=O) groups is 2. The van der Waals surface area contributed by atoms with Gasteiger partial charge in [0, 0.05) is 37.4 Å². The Morgan fingerprint density at radius 1 is 0.980 bits per heavy atom. The van der Waals surface area contributed by atoms with E-state index in [4.69, 9.17) is 14.2 Å². The number of rotatable bonds is 13. The zero-order valence-electron chi connectivity index (χ0n) is 30.1. The maximum Gasteiger partial charge on any atom is 0.264 e. The molecule has 3 heterocycles. The van der Waals surface area contributed by atoms with Gasteiger partial charge in [0.2, 0.25) is 5.91 Å². The van der Waals surface area contributed by atoms with Crippen molar-refractivity contribution in [2.75, 3.05) is 50.3 Å². The Morgan fingerprint density at radius 2 is 1.70 bits per heavy atom. The van der Waals surface area contributed by atoms with E-state index in [-0.39, 0.29) is 42.6 Å². The van der Waals surface area contributed by atoms with E-state index in [1.54, 1.807) is 24.0 Å². The summed E-state index contributed by atoms with van der Waals surface area (Å²) in [6, 6.07) is 19.4. The number of anilines is 3. The molecule has 0 aliphatic carbocycles. The van der Waals surface area contributed by atoms with Crippen LogP contribution in [-0.4, -0.2) is 82.8 Å². The van der Waals surface area contributed by atoms with Gasteiger partial charge in [0.15, 0.2) is 5.60 Å². The van der Waals surface area contributed by atoms with Crippen LogP contribution < -0.4 is 29.8 Å². The van der Waals surface area contributed by atoms with Crippen molar-refractivity contribution in [2.24, 2.45) is 5.92 Å². The third-order valence-corrected chi connectivity index (χ3v) is 15.5. The highest BCUT2D eigenvalue weighted by atomic mass is 28.3. The zero-order valence-corrected chi connectivity index (χ0v) is 31.1. The van der Waals surface area contributed by atoms with Gasteiger partial charge in [-0.15, -0.1) is 0 Å². The minimum Gasteiger partial charge on any atom is -0.497 e. The van der Waals surface area contributed by atoms with Gasteiger partial charge in [-0.25, -0.2) is 0 Å². The molecule has 6 rings (SSSR count). The second-order valence-electron chi connectivity index (χ2n) is 14.3. The summed E-state index contributed by atoms with van der Waals surface area (Å²) >= 11 is 0. The number of nitrogens with zero attached hydrogens (tertiary/aromatic N) is 2. The topological polar surface area (TPSA) is 121 Å². The van der Waals surface area contributed by atoms with Gasteiger partial charge in [0.05, 0.1) is 45.3 Å². The zero-order chi connectivity index (χ0) is 35.8. The lowest BCUT2D eigenvalue weighted by molar-refractivity contribution is -0.145. The van der Waals surface area contributed by atoms with Crippen LogP contribution in [-0.2, 0) is 26.3 Å². The van der Waals surface area contributed by atoms with Crippen molar-refractivity contribution in [3.05, 3.63) is 71.8 Å². The molecule has 268 valence electrons. The van der Waals surface area contributed by atoms with E-state index < -0.39 is 19.7 Å². The smallest absolute Gasteiger partial charge is 0.264 e. The van der Waals surface area contributed by atoms with Crippen molar-refractivity contribution in [1.82, 2.24) is 5.32 Å². The number of amides is 2. The highest BCUT2D eigenvalue weighted by Gasteiger charge is 2.65. The molecule has 3 aromatic carbocycles. The maximum absolute atomic E-state index is 14.5. The Morgan fingerprint density at radius 3 is 2.38 bits per heavy atom. The highest BCUT2D eigenvalue weighted by molar-refractivity contribution is 6.91. The van der Waals surface area contributed by atoms with Gasteiger partial charge in [0.1, 0.15) is 11.5 Å². The molecule has 11 heteroatoms. The molecular formula is C39H51N3O7Si. The number of benzene rings is 3. The molecule has 0 saturated carbocycles. The Bertz CT molecular complexity index is 1720. The normalized spacial score (nSPS) is 24.6. The van der Waals surface area contributed by atoms with Crippen LogP contribution in [0.1, 0.15) is 44.2 Å². The molecule has 3 aliphatic heterocycles. The lowest BCUT2D eigenvalue weighted by atomic mass is 9.82. The summed E-state index contributed by atoms with van der Waals surface area (Å²) in [6.07, 6.45) is 2.00. The van der Waals surface area contributed by atoms with Crippen molar-refractivity contribution in [2.45, 2.75) is 75.9 Å². The molecule has 0 bridgehead atoms. The molecule has 0 aromatic heterocycles. The number of aliphatic hydroxyl groups is 2. The molecule has 3 aliphatic rings. The van der Waals surface area contributed by atoms with Crippen molar-refractivity contribution in [1.29, 1.82) is 0 Å². The number of methoxy groups -OCH3 is 1. The van der Waals surface area contributed by atoms with Gasteiger partial charge in [-0.3, -0.25) is 14.5 Å². The maximum atomic E-state index is 14.5. The molecule has 3 N–H and O–H groups in total. The van der Waals surface area contributed by atoms with Crippen LogP contribution in [0.5, 0.6) is 11.5 Å². The first-order valence-corrected chi connectivity index (χ1v) is 20.9. The van der Waals surface area contributed by atoms with Crippen molar-refractivity contribution in [3.63, 3.8) is 0 Å². The van der Waals surface area contributed by atoms with E-state index >= 15 is 0 Å². The summed E-state index contributed by atoms with van der Waals surface area (Å²) in [6.45, 7) is 9.89.